The van der Waals surface area contributed by atoms with Gasteiger partial charge in [0.2, 0.25) is 0 Å². The van der Waals surface area contributed by atoms with Gasteiger partial charge in [0, 0.05) is 64.0 Å². The van der Waals surface area contributed by atoms with Crippen molar-refractivity contribution in [3.8, 4) is 0 Å². The number of rotatable bonds is 11. The molecule has 1 unspecified atom stereocenters. The van der Waals surface area contributed by atoms with Crippen molar-refractivity contribution in [2.45, 2.75) is 58.1 Å². The number of fused-ring (bicyclic) bond motifs is 1. The smallest absolute Gasteiger partial charge is 0.410 e. The highest BCUT2D eigenvalue weighted by molar-refractivity contribution is 6.42. The molecule has 4 amide bonds. The number of urea groups is 1. The Hall–Kier alpha value is -3.05. The second kappa shape index (κ2) is 16.9. The zero-order valence-electron chi connectivity index (χ0n) is 27.6. The van der Waals surface area contributed by atoms with E-state index in [0.29, 0.717) is 55.6 Å². The van der Waals surface area contributed by atoms with E-state index < -0.39 is 12.2 Å². The first-order valence-corrected chi connectivity index (χ1v) is 17.8. The molecule has 47 heavy (non-hydrogen) atoms. The highest BCUT2D eigenvalue weighted by Crippen LogP contribution is 2.26. The van der Waals surface area contributed by atoms with Crippen molar-refractivity contribution in [1.82, 2.24) is 24.5 Å². The van der Waals surface area contributed by atoms with Gasteiger partial charge in [-0.1, -0.05) is 61.3 Å². The van der Waals surface area contributed by atoms with Crippen molar-refractivity contribution in [3.05, 3.63) is 63.6 Å². The summed E-state index contributed by atoms with van der Waals surface area (Å²) in [7, 11) is 0. The van der Waals surface area contributed by atoms with Gasteiger partial charge in [-0.15, -0.1) is 0 Å². The van der Waals surface area contributed by atoms with Gasteiger partial charge in [0.25, 0.3) is 5.91 Å². The molecule has 3 aliphatic rings. The van der Waals surface area contributed by atoms with Crippen LogP contribution in [0.15, 0.2) is 42.5 Å². The van der Waals surface area contributed by atoms with Crippen LogP contribution in [0.25, 0.3) is 0 Å². The fourth-order valence-corrected chi connectivity index (χ4v) is 7.13. The molecule has 0 spiro atoms. The predicted octanol–water partition coefficient (Wildman–Crippen LogP) is 5.47. The van der Waals surface area contributed by atoms with Crippen LogP contribution in [0.4, 0.5) is 15.3 Å². The molecule has 10 nitrogen and oxygen atoms in total. The van der Waals surface area contributed by atoms with E-state index in [4.69, 9.17) is 27.9 Å². The van der Waals surface area contributed by atoms with Crippen LogP contribution in [0.1, 0.15) is 44.2 Å². The summed E-state index contributed by atoms with van der Waals surface area (Å²) < 4.78 is 5.99. The van der Waals surface area contributed by atoms with E-state index in [9.17, 15) is 14.4 Å². The molecule has 2 aromatic rings. The molecule has 2 aromatic carbocycles. The zero-order chi connectivity index (χ0) is 33.3. The van der Waals surface area contributed by atoms with Gasteiger partial charge in [0.05, 0.1) is 10.0 Å². The number of para-hydroxylation sites is 1. The number of nitrogens with one attached hydrogen (secondary N) is 1. The molecule has 0 saturated carbocycles. The predicted molar refractivity (Wildman–Crippen MR) is 186 cm³/mol. The summed E-state index contributed by atoms with van der Waals surface area (Å²) in [4.78, 5) is 50.6. The quantitative estimate of drug-likeness (QED) is 0.337. The average molecular weight is 688 g/mol. The lowest BCUT2D eigenvalue weighted by Crippen LogP contribution is -2.54. The number of hydrogen-bond donors (Lipinski definition) is 1. The summed E-state index contributed by atoms with van der Waals surface area (Å²) in [6.45, 7) is 12.8. The molecule has 0 aromatic heterocycles. The molecule has 0 radical (unpaired) electrons. The zero-order valence-corrected chi connectivity index (χ0v) is 29.1. The van der Waals surface area contributed by atoms with Gasteiger partial charge >= 0.3 is 12.1 Å². The molecule has 2 fully saturated rings. The molecule has 1 N–H and O–H groups in total. The minimum atomic E-state index is -0.985. The summed E-state index contributed by atoms with van der Waals surface area (Å²) in [5.74, 6) is -0.192. The van der Waals surface area contributed by atoms with Crippen LogP contribution >= 0.6 is 23.2 Å². The summed E-state index contributed by atoms with van der Waals surface area (Å²) in [5.41, 5.74) is 2.75. The van der Waals surface area contributed by atoms with Gasteiger partial charge in [-0.25, -0.2) is 9.59 Å². The highest BCUT2D eigenvalue weighted by Gasteiger charge is 2.35. The fourth-order valence-electron chi connectivity index (χ4n) is 6.81. The Bertz CT molecular complexity index is 1380. The molecule has 0 bridgehead atoms. The van der Waals surface area contributed by atoms with E-state index in [1.165, 1.54) is 0 Å². The molecule has 1 atom stereocenters. The van der Waals surface area contributed by atoms with Gasteiger partial charge in [-0.2, -0.15) is 0 Å². The van der Waals surface area contributed by atoms with E-state index in [0.717, 1.165) is 68.9 Å². The summed E-state index contributed by atoms with van der Waals surface area (Å²) in [6, 6.07) is 13.0. The maximum atomic E-state index is 13.9. The van der Waals surface area contributed by atoms with Gasteiger partial charge < -0.3 is 29.7 Å². The average Bonchev–Trinajstić information content (AvgIpc) is 3.26. The Labute approximate surface area is 288 Å². The van der Waals surface area contributed by atoms with E-state index >= 15 is 0 Å². The Morgan fingerprint density at radius 1 is 0.936 bits per heavy atom. The molecule has 3 heterocycles. The number of benzene rings is 2. The monoisotopic (exact) mass is 686 g/mol. The van der Waals surface area contributed by atoms with Crippen LogP contribution in [0.3, 0.4) is 0 Å². The lowest BCUT2D eigenvalue weighted by atomic mass is 10.0. The number of amides is 4. The largest absolute Gasteiger partial charge is 0.436 e. The summed E-state index contributed by atoms with van der Waals surface area (Å²) in [5, 5.41) is 3.86. The Kier molecular flexibility index (Phi) is 12.7. The van der Waals surface area contributed by atoms with Crippen molar-refractivity contribution >= 4 is 46.9 Å². The standard InChI is InChI=1S/C35H48Cl2N6O4/c1-3-39(4-2)15-7-16-40-20-22-41(23-21-40)33(44)32(25-26-10-11-29(36)30(37)24-26)47-35(46)42-17-13-28(14-18-42)43-19-12-27-8-5-6-9-31(27)38-34(43)45/h5-6,8-11,24,28,32H,3-4,7,12-23,25H2,1-2H3,(H,38,45). The SMILES string of the molecule is CCN(CC)CCCN1CCN(C(=O)C(Cc2ccc(Cl)c(Cl)c2)OC(=O)N2CCC(N3CCc4ccccc4NC3=O)CC2)CC1. The third kappa shape index (κ3) is 9.31. The molecule has 256 valence electrons. The lowest BCUT2D eigenvalue weighted by molar-refractivity contribution is -0.142. The number of halogens is 2. The van der Waals surface area contributed by atoms with Crippen molar-refractivity contribution in [2.75, 3.05) is 77.3 Å². The Morgan fingerprint density at radius 2 is 1.66 bits per heavy atom. The normalized spacial score (nSPS) is 18.5. The number of hydrogen-bond acceptors (Lipinski definition) is 6. The minimum absolute atomic E-state index is 0.0188. The van der Waals surface area contributed by atoms with Crippen LogP contribution < -0.4 is 5.32 Å². The molecule has 2 saturated heterocycles. The molecule has 3 aliphatic heterocycles. The Morgan fingerprint density at radius 3 is 2.36 bits per heavy atom. The van der Waals surface area contributed by atoms with Crippen molar-refractivity contribution in [2.24, 2.45) is 0 Å². The number of nitrogens with zero attached hydrogens (tertiary/aromatic N) is 5. The van der Waals surface area contributed by atoms with Crippen LogP contribution in [0.2, 0.25) is 10.0 Å². The Balaban J connectivity index is 1.17. The van der Waals surface area contributed by atoms with Crippen LogP contribution in [0.5, 0.6) is 0 Å². The number of carbonyl (C=O) groups is 3. The van der Waals surface area contributed by atoms with E-state index in [1.54, 1.807) is 17.0 Å². The van der Waals surface area contributed by atoms with Crippen LogP contribution in [0, 0.1) is 0 Å². The lowest BCUT2D eigenvalue weighted by Gasteiger charge is -2.38. The fraction of sp³-hybridized carbons (Fsp3) is 0.571. The van der Waals surface area contributed by atoms with Gasteiger partial charge in [0.15, 0.2) is 6.10 Å². The second-order valence-corrected chi connectivity index (χ2v) is 13.4. The maximum Gasteiger partial charge on any atom is 0.410 e. The van der Waals surface area contributed by atoms with Crippen molar-refractivity contribution < 1.29 is 19.1 Å². The van der Waals surface area contributed by atoms with Crippen molar-refractivity contribution in [3.63, 3.8) is 0 Å². The molecular formula is C35H48Cl2N6O4. The number of ether oxygens (including phenoxy) is 1. The third-order valence-electron chi connectivity index (χ3n) is 9.76. The first-order chi connectivity index (χ1) is 22.7. The van der Waals surface area contributed by atoms with Crippen LogP contribution in [-0.2, 0) is 22.4 Å². The van der Waals surface area contributed by atoms with E-state index in [1.807, 2.05) is 40.1 Å². The third-order valence-corrected chi connectivity index (χ3v) is 10.5. The topological polar surface area (TPSA) is 88.7 Å². The van der Waals surface area contributed by atoms with Crippen molar-refractivity contribution in [1.29, 1.82) is 0 Å². The van der Waals surface area contributed by atoms with Gasteiger partial charge in [-0.05, 0) is 81.2 Å². The molecule has 5 rings (SSSR count). The summed E-state index contributed by atoms with van der Waals surface area (Å²) in [6.07, 6.45) is 1.86. The summed E-state index contributed by atoms with van der Waals surface area (Å²) >= 11 is 12.4. The van der Waals surface area contributed by atoms with Gasteiger partial charge in [-0.3, -0.25) is 9.69 Å². The number of anilines is 1. The number of piperazine rings is 1. The molecule has 12 heteroatoms. The minimum Gasteiger partial charge on any atom is -0.436 e. The number of likely N-dealkylation sites (tertiary alicyclic amines) is 1. The van der Waals surface area contributed by atoms with E-state index in [-0.39, 0.29) is 24.4 Å². The van der Waals surface area contributed by atoms with E-state index in [2.05, 4.69) is 29.0 Å². The number of carbonyl (C=O) groups excluding carboxylic acids is 3. The van der Waals surface area contributed by atoms with Gasteiger partial charge in [0.1, 0.15) is 0 Å². The maximum absolute atomic E-state index is 13.9. The second-order valence-electron chi connectivity index (χ2n) is 12.6. The highest BCUT2D eigenvalue weighted by atomic mass is 35.5. The number of piperidine rings is 1. The first-order valence-electron chi connectivity index (χ1n) is 17.0. The van der Waals surface area contributed by atoms with Crippen LogP contribution in [-0.4, -0.2) is 127 Å². The molecule has 0 aliphatic carbocycles. The first kappa shape index (κ1) is 35.3. The molecular weight excluding hydrogens is 639 g/mol.